The molecule has 2 aliphatic rings. The van der Waals surface area contributed by atoms with Gasteiger partial charge in [0, 0.05) is 18.1 Å². The van der Waals surface area contributed by atoms with Gasteiger partial charge in [-0.2, -0.15) is 0 Å². The molecule has 2 saturated heterocycles. The number of ether oxygens (including phenoxy) is 2. The first kappa shape index (κ1) is 22.9. The van der Waals surface area contributed by atoms with Crippen LogP contribution >= 0.6 is 0 Å². The largest absolute Gasteiger partial charge is 0.394 e. The molecule has 6 atom stereocenters. The van der Waals surface area contributed by atoms with Crippen molar-refractivity contribution in [3.05, 3.63) is 70.3 Å². The van der Waals surface area contributed by atoms with E-state index in [1.165, 1.54) is 0 Å². The first-order valence-electron chi connectivity index (χ1n) is 11.0. The second-order valence-electron chi connectivity index (χ2n) is 8.64. The van der Waals surface area contributed by atoms with Crippen LogP contribution in [0.5, 0.6) is 0 Å². The fourth-order valence-electron chi connectivity index (χ4n) is 4.20. The molecule has 0 aliphatic carbocycles. The third-order valence-electron chi connectivity index (χ3n) is 6.29. The summed E-state index contributed by atoms with van der Waals surface area (Å²) in [6.07, 6.45) is -4.10. The third kappa shape index (κ3) is 5.05. The molecule has 6 heteroatoms. The molecule has 0 spiro atoms. The van der Waals surface area contributed by atoms with Gasteiger partial charge < -0.3 is 29.9 Å². The molecule has 170 valence electrons. The maximum atomic E-state index is 10.4. The van der Waals surface area contributed by atoms with Crippen molar-refractivity contribution in [1.82, 2.24) is 0 Å². The van der Waals surface area contributed by atoms with Crippen LogP contribution in [0.2, 0.25) is 0 Å². The minimum Gasteiger partial charge on any atom is -0.394 e. The van der Waals surface area contributed by atoms with Gasteiger partial charge in [-0.25, -0.2) is 0 Å². The second-order valence-corrected chi connectivity index (χ2v) is 8.64. The number of rotatable bonds is 4. The lowest BCUT2D eigenvalue weighted by Crippen LogP contribution is -2.55. The number of hydrogen-bond donors (Lipinski definition) is 4. The molecule has 4 rings (SSSR count). The summed E-state index contributed by atoms with van der Waals surface area (Å²) in [6, 6.07) is 13.9. The van der Waals surface area contributed by atoms with Gasteiger partial charge in [-0.3, -0.25) is 0 Å². The topological polar surface area (TPSA) is 99.4 Å². The summed E-state index contributed by atoms with van der Waals surface area (Å²) < 4.78 is 11.1. The van der Waals surface area contributed by atoms with Gasteiger partial charge >= 0.3 is 0 Å². The van der Waals surface area contributed by atoms with Crippen molar-refractivity contribution < 1.29 is 29.9 Å². The van der Waals surface area contributed by atoms with Gasteiger partial charge in [-0.15, -0.1) is 0 Å². The normalized spacial score (nSPS) is 30.0. The van der Waals surface area contributed by atoms with E-state index < -0.39 is 37.1 Å². The SMILES string of the molecule is Cc1ccc([C@@H]2O[C@H](CO)[C@@H](O)[C@H](O)C2O)cc1Cc1ccc(C#C[C@@H]2CCOC2)cc1. The highest BCUT2D eigenvalue weighted by atomic mass is 16.5. The Morgan fingerprint density at radius 3 is 2.47 bits per heavy atom. The van der Waals surface area contributed by atoms with Crippen LogP contribution in [0, 0.1) is 24.7 Å². The average molecular weight is 439 g/mol. The molecule has 32 heavy (non-hydrogen) atoms. The Labute approximate surface area is 188 Å². The predicted molar refractivity (Wildman–Crippen MR) is 119 cm³/mol. The Balaban J connectivity index is 1.49. The van der Waals surface area contributed by atoms with Crippen LogP contribution in [0.15, 0.2) is 42.5 Å². The summed E-state index contributed by atoms with van der Waals surface area (Å²) in [6.45, 7) is 3.09. The van der Waals surface area contributed by atoms with Crippen molar-refractivity contribution in [1.29, 1.82) is 0 Å². The van der Waals surface area contributed by atoms with Gasteiger partial charge in [-0.05, 0) is 54.2 Å². The molecule has 4 N–H and O–H groups in total. The van der Waals surface area contributed by atoms with Crippen molar-refractivity contribution in [2.24, 2.45) is 5.92 Å². The molecular formula is C26H30O6. The molecule has 2 aliphatic heterocycles. The van der Waals surface area contributed by atoms with E-state index in [1.807, 2.05) is 37.3 Å². The van der Waals surface area contributed by atoms with E-state index in [0.717, 1.165) is 41.9 Å². The number of aryl methyl sites for hydroxylation is 1. The van der Waals surface area contributed by atoms with Crippen LogP contribution in [0.1, 0.15) is 40.3 Å². The fraction of sp³-hybridized carbons (Fsp3) is 0.462. The maximum absolute atomic E-state index is 10.4. The monoisotopic (exact) mass is 438 g/mol. The highest BCUT2D eigenvalue weighted by Crippen LogP contribution is 2.33. The maximum Gasteiger partial charge on any atom is 0.113 e. The number of hydrogen-bond acceptors (Lipinski definition) is 6. The van der Waals surface area contributed by atoms with Crippen LogP contribution in [0.25, 0.3) is 0 Å². The zero-order valence-electron chi connectivity index (χ0n) is 18.1. The third-order valence-corrected chi connectivity index (χ3v) is 6.29. The van der Waals surface area contributed by atoms with Crippen molar-refractivity contribution >= 4 is 0 Å². The van der Waals surface area contributed by atoms with Crippen LogP contribution < -0.4 is 0 Å². The summed E-state index contributed by atoms with van der Waals surface area (Å²) in [4.78, 5) is 0. The number of aliphatic hydroxyl groups is 4. The van der Waals surface area contributed by atoms with Crippen molar-refractivity contribution in [3.8, 4) is 11.8 Å². The molecule has 0 aromatic heterocycles. The highest BCUT2D eigenvalue weighted by Gasteiger charge is 2.43. The molecule has 6 nitrogen and oxygen atoms in total. The van der Waals surface area contributed by atoms with E-state index >= 15 is 0 Å². The lowest BCUT2D eigenvalue weighted by molar-refractivity contribution is -0.231. The molecule has 0 amide bonds. The summed E-state index contributed by atoms with van der Waals surface area (Å²) in [5.74, 6) is 6.82. The van der Waals surface area contributed by atoms with Gasteiger partial charge in [-0.1, -0.05) is 42.2 Å². The van der Waals surface area contributed by atoms with Crippen LogP contribution in [0.3, 0.4) is 0 Å². The van der Waals surface area contributed by atoms with Gasteiger partial charge in [0.25, 0.3) is 0 Å². The lowest BCUT2D eigenvalue weighted by Gasteiger charge is -2.40. The quantitative estimate of drug-likeness (QED) is 0.540. The molecule has 2 fully saturated rings. The molecule has 2 aromatic rings. The van der Waals surface area contributed by atoms with Gasteiger partial charge in [0.2, 0.25) is 0 Å². The number of aliphatic hydroxyl groups excluding tert-OH is 4. The van der Waals surface area contributed by atoms with Gasteiger partial charge in [0.05, 0.1) is 13.2 Å². The lowest BCUT2D eigenvalue weighted by atomic mass is 9.89. The van der Waals surface area contributed by atoms with Crippen LogP contribution in [-0.4, -0.2) is 64.7 Å². The van der Waals surface area contributed by atoms with E-state index in [-0.39, 0.29) is 0 Å². The zero-order chi connectivity index (χ0) is 22.7. The summed E-state index contributed by atoms with van der Waals surface area (Å²) in [5.41, 5.74) is 4.98. The molecule has 2 aromatic carbocycles. The van der Waals surface area contributed by atoms with E-state index in [9.17, 15) is 20.4 Å². The van der Waals surface area contributed by atoms with Gasteiger partial charge in [0.15, 0.2) is 0 Å². The number of benzene rings is 2. The highest BCUT2D eigenvalue weighted by molar-refractivity contribution is 5.40. The van der Waals surface area contributed by atoms with Crippen molar-refractivity contribution in [2.75, 3.05) is 19.8 Å². The van der Waals surface area contributed by atoms with Gasteiger partial charge in [0.1, 0.15) is 30.5 Å². The van der Waals surface area contributed by atoms with E-state index in [0.29, 0.717) is 17.9 Å². The second kappa shape index (κ2) is 10.1. The van der Waals surface area contributed by atoms with E-state index in [2.05, 4.69) is 24.0 Å². The minimum atomic E-state index is -1.39. The minimum absolute atomic E-state index is 0.322. The van der Waals surface area contributed by atoms with Crippen molar-refractivity contribution in [2.45, 2.75) is 50.3 Å². The van der Waals surface area contributed by atoms with E-state index in [1.54, 1.807) is 0 Å². The molecule has 0 saturated carbocycles. The average Bonchev–Trinajstić information content (AvgIpc) is 3.33. The summed E-state index contributed by atoms with van der Waals surface area (Å²) >= 11 is 0. The first-order chi connectivity index (χ1) is 15.5. The van der Waals surface area contributed by atoms with Crippen LogP contribution in [-0.2, 0) is 15.9 Å². The summed E-state index contributed by atoms with van der Waals surface area (Å²) in [5, 5.41) is 40.0. The van der Waals surface area contributed by atoms with Crippen LogP contribution in [0.4, 0.5) is 0 Å². The summed E-state index contributed by atoms with van der Waals surface area (Å²) in [7, 11) is 0. The predicted octanol–water partition coefficient (Wildman–Crippen LogP) is 1.49. The Bertz CT molecular complexity index is 968. The Morgan fingerprint density at radius 1 is 1.00 bits per heavy atom. The van der Waals surface area contributed by atoms with E-state index in [4.69, 9.17) is 9.47 Å². The fourth-order valence-corrected chi connectivity index (χ4v) is 4.20. The Hall–Kier alpha value is -2.24. The standard InChI is InChI=1S/C26H30O6/c1-16-2-9-20(26-25(30)24(29)23(28)22(14-27)32-26)13-21(16)12-18-6-3-17(4-7-18)5-8-19-10-11-31-15-19/h2-4,6-7,9,13,19,22-30H,10-12,14-15H2,1H3/t19-,22-,23-,24+,25?,26+/m1/s1. The smallest absolute Gasteiger partial charge is 0.113 e. The molecule has 0 radical (unpaired) electrons. The molecular weight excluding hydrogens is 408 g/mol. The Morgan fingerprint density at radius 2 is 1.78 bits per heavy atom. The van der Waals surface area contributed by atoms with Crippen molar-refractivity contribution in [3.63, 3.8) is 0 Å². The molecule has 2 heterocycles. The molecule has 1 unspecified atom stereocenters. The Kier molecular flexibility index (Phi) is 7.27. The molecule has 0 bridgehead atoms. The first-order valence-corrected chi connectivity index (χ1v) is 11.0. The zero-order valence-corrected chi connectivity index (χ0v) is 18.1.